The van der Waals surface area contributed by atoms with Crippen molar-refractivity contribution >= 4 is 30.0 Å². The minimum atomic E-state index is -0.642. The van der Waals surface area contributed by atoms with E-state index in [0.717, 1.165) is 0 Å². The van der Waals surface area contributed by atoms with Gasteiger partial charge < -0.3 is 15.0 Å². The van der Waals surface area contributed by atoms with Gasteiger partial charge in [-0.15, -0.1) is 5.10 Å². The van der Waals surface area contributed by atoms with Gasteiger partial charge in [-0.05, 0) is 56.3 Å². The maximum atomic E-state index is 14.5. The van der Waals surface area contributed by atoms with E-state index in [9.17, 15) is 4.39 Å². The van der Waals surface area contributed by atoms with Gasteiger partial charge in [-0.2, -0.15) is 4.68 Å². The standard InChI is InChI=1S/C18H19BClFN6O2/c1-17(2)18(3,4)29-19(28-17)10-8-11(15(22)23-9-10)16-24-25-26-27(16)13-7-5-6-12(20)14(13)21/h5-9H,1-4H3,(H2,22,23). The van der Waals surface area contributed by atoms with E-state index in [1.54, 1.807) is 18.3 Å². The van der Waals surface area contributed by atoms with Crippen LogP contribution in [0.3, 0.4) is 0 Å². The van der Waals surface area contributed by atoms with Gasteiger partial charge in [0.1, 0.15) is 11.5 Å². The molecule has 3 heterocycles. The van der Waals surface area contributed by atoms with Gasteiger partial charge in [0.15, 0.2) is 11.6 Å². The van der Waals surface area contributed by atoms with E-state index in [2.05, 4.69) is 20.5 Å². The van der Waals surface area contributed by atoms with Gasteiger partial charge in [0.05, 0.1) is 21.8 Å². The summed E-state index contributed by atoms with van der Waals surface area (Å²) in [5.41, 5.74) is 6.22. The fraction of sp³-hybridized carbons (Fsp3) is 0.333. The Balaban J connectivity index is 1.78. The number of hydrogen-bond donors (Lipinski definition) is 1. The fourth-order valence-electron chi connectivity index (χ4n) is 2.95. The zero-order valence-electron chi connectivity index (χ0n) is 16.3. The van der Waals surface area contributed by atoms with Crippen molar-refractivity contribution in [3.05, 3.63) is 41.3 Å². The second-order valence-corrected chi connectivity index (χ2v) is 8.18. The summed E-state index contributed by atoms with van der Waals surface area (Å²) in [5, 5.41) is 11.5. The van der Waals surface area contributed by atoms with Crippen LogP contribution >= 0.6 is 11.6 Å². The van der Waals surface area contributed by atoms with Crippen molar-refractivity contribution in [2.75, 3.05) is 5.73 Å². The predicted octanol–water partition coefficient (Wildman–Crippen LogP) is 2.40. The fourth-order valence-corrected chi connectivity index (χ4v) is 3.12. The van der Waals surface area contributed by atoms with E-state index in [0.29, 0.717) is 11.0 Å². The van der Waals surface area contributed by atoms with Crippen molar-refractivity contribution < 1.29 is 13.7 Å². The van der Waals surface area contributed by atoms with Crippen LogP contribution in [0.4, 0.5) is 10.2 Å². The number of tetrazole rings is 1. The molecule has 0 amide bonds. The average Bonchev–Trinajstić information content (AvgIpc) is 3.20. The van der Waals surface area contributed by atoms with E-state index in [1.165, 1.54) is 16.8 Å². The normalized spacial score (nSPS) is 17.7. The van der Waals surface area contributed by atoms with Crippen molar-refractivity contribution in [3.8, 4) is 17.1 Å². The molecule has 1 aromatic carbocycles. The molecule has 1 fully saturated rings. The number of pyridine rings is 1. The molecule has 0 atom stereocenters. The van der Waals surface area contributed by atoms with Gasteiger partial charge in [0.25, 0.3) is 0 Å². The Morgan fingerprint density at radius 3 is 2.55 bits per heavy atom. The number of halogens is 2. The molecule has 0 saturated carbocycles. The Morgan fingerprint density at radius 2 is 1.86 bits per heavy atom. The van der Waals surface area contributed by atoms with Crippen LogP contribution in [0, 0.1) is 5.82 Å². The third-order valence-corrected chi connectivity index (χ3v) is 5.63. The zero-order valence-corrected chi connectivity index (χ0v) is 17.1. The summed E-state index contributed by atoms with van der Waals surface area (Å²) < 4.78 is 27.9. The van der Waals surface area contributed by atoms with E-state index >= 15 is 0 Å². The minimum Gasteiger partial charge on any atom is -0.399 e. The van der Waals surface area contributed by atoms with Crippen LogP contribution in [-0.4, -0.2) is 43.5 Å². The predicted molar refractivity (Wildman–Crippen MR) is 107 cm³/mol. The quantitative estimate of drug-likeness (QED) is 0.654. The Kier molecular flexibility index (Phi) is 4.60. The molecule has 11 heteroatoms. The first-order valence-electron chi connectivity index (χ1n) is 8.95. The monoisotopic (exact) mass is 416 g/mol. The van der Waals surface area contributed by atoms with E-state index in [4.69, 9.17) is 26.6 Å². The van der Waals surface area contributed by atoms with Crippen LogP contribution in [0.5, 0.6) is 0 Å². The molecule has 0 spiro atoms. The molecule has 0 bridgehead atoms. The Bertz CT molecular complexity index is 1070. The summed E-state index contributed by atoms with van der Waals surface area (Å²) in [6, 6.07) is 6.30. The first-order valence-corrected chi connectivity index (χ1v) is 9.33. The molecular formula is C18H19BClFN6O2. The number of benzene rings is 1. The molecular weight excluding hydrogens is 398 g/mol. The van der Waals surface area contributed by atoms with Crippen molar-refractivity contribution in [3.63, 3.8) is 0 Å². The van der Waals surface area contributed by atoms with Gasteiger partial charge in [-0.3, -0.25) is 0 Å². The maximum Gasteiger partial charge on any atom is 0.496 e. The summed E-state index contributed by atoms with van der Waals surface area (Å²) >= 11 is 5.90. The van der Waals surface area contributed by atoms with Crippen molar-refractivity contribution in [1.82, 2.24) is 25.2 Å². The number of aromatic nitrogens is 5. The molecule has 0 unspecified atom stereocenters. The molecule has 1 aliphatic heterocycles. The van der Waals surface area contributed by atoms with Crippen LogP contribution in [0.2, 0.25) is 5.02 Å². The lowest BCUT2D eigenvalue weighted by molar-refractivity contribution is 0.00578. The molecule has 3 aromatic rings. The molecule has 1 aliphatic rings. The Labute approximate surface area is 172 Å². The molecule has 2 N–H and O–H groups in total. The second kappa shape index (κ2) is 6.75. The maximum absolute atomic E-state index is 14.5. The third kappa shape index (κ3) is 3.27. The van der Waals surface area contributed by atoms with E-state index in [1.807, 2.05) is 27.7 Å². The smallest absolute Gasteiger partial charge is 0.399 e. The number of nitrogens with two attached hydrogens (primary N) is 1. The van der Waals surface area contributed by atoms with Gasteiger partial charge in [0.2, 0.25) is 0 Å². The van der Waals surface area contributed by atoms with Crippen LogP contribution < -0.4 is 11.2 Å². The lowest BCUT2D eigenvalue weighted by Gasteiger charge is -2.32. The molecule has 0 aliphatic carbocycles. The van der Waals surface area contributed by atoms with Gasteiger partial charge in [-0.1, -0.05) is 17.7 Å². The Morgan fingerprint density at radius 1 is 1.17 bits per heavy atom. The SMILES string of the molecule is CC1(C)OB(c2cnc(N)c(-c3nnnn3-c3cccc(Cl)c3F)c2)OC1(C)C. The highest BCUT2D eigenvalue weighted by molar-refractivity contribution is 6.62. The summed E-state index contributed by atoms with van der Waals surface area (Å²) in [4.78, 5) is 4.24. The highest BCUT2D eigenvalue weighted by atomic mass is 35.5. The topological polar surface area (TPSA) is 101 Å². The van der Waals surface area contributed by atoms with E-state index in [-0.39, 0.29) is 22.4 Å². The van der Waals surface area contributed by atoms with Crippen LogP contribution in [0.15, 0.2) is 30.5 Å². The molecule has 150 valence electrons. The first-order chi connectivity index (χ1) is 13.6. The number of hydrogen-bond acceptors (Lipinski definition) is 7. The second-order valence-electron chi connectivity index (χ2n) is 7.78. The van der Waals surface area contributed by atoms with Crippen molar-refractivity contribution in [1.29, 1.82) is 0 Å². The molecule has 1 saturated heterocycles. The molecule has 4 rings (SSSR count). The Hall–Kier alpha value is -2.56. The van der Waals surface area contributed by atoms with E-state index < -0.39 is 24.1 Å². The van der Waals surface area contributed by atoms with Gasteiger partial charge >= 0.3 is 7.12 Å². The van der Waals surface area contributed by atoms with Gasteiger partial charge in [-0.25, -0.2) is 9.37 Å². The summed E-state index contributed by atoms with van der Waals surface area (Å²) in [7, 11) is -0.640. The van der Waals surface area contributed by atoms with Crippen molar-refractivity contribution in [2.24, 2.45) is 0 Å². The number of nitrogens with zero attached hydrogens (tertiary/aromatic N) is 5. The average molecular weight is 417 g/mol. The largest absolute Gasteiger partial charge is 0.496 e. The third-order valence-electron chi connectivity index (χ3n) is 5.33. The summed E-state index contributed by atoms with van der Waals surface area (Å²) in [6.45, 7) is 7.84. The van der Waals surface area contributed by atoms with Crippen molar-refractivity contribution in [2.45, 2.75) is 38.9 Å². The van der Waals surface area contributed by atoms with Gasteiger partial charge in [0, 0.05) is 11.7 Å². The highest BCUT2D eigenvalue weighted by Gasteiger charge is 2.52. The summed E-state index contributed by atoms with van der Waals surface area (Å²) in [6.07, 6.45) is 1.58. The lowest BCUT2D eigenvalue weighted by atomic mass is 9.79. The minimum absolute atomic E-state index is 0.0407. The van der Waals surface area contributed by atoms with Crippen LogP contribution in [-0.2, 0) is 9.31 Å². The molecule has 29 heavy (non-hydrogen) atoms. The zero-order chi connectivity index (χ0) is 21.0. The molecule has 8 nitrogen and oxygen atoms in total. The number of anilines is 1. The number of rotatable bonds is 3. The lowest BCUT2D eigenvalue weighted by Crippen LogP contribution is -2.41. The van der Waals surface area contributed by atoms with Crippen LogP contribution in [0.25, 0.3) is 17.1 Å². The highest BCUT2D eigenvalue weighted by Crippen LogP contribution is 2.37. The summed E-state index contributed by atoms with van der Waals surface area (Å²) in [5.74, 6) is -0.241. The van der Waals surface area contributed by atoms with Crippen LogP contribution in [0.1, 0.15) is 27.7 Å². The first kappa shape index (κ1) is 19.7. The molecule has 0 radical (unpaired) electrons. The molecule has 2 aromatic heterocycles. The number of nitrogen functional groups attached to an aromatic ring is 1.